The van der Waals surface area contributed by atoms with E-state index in [1.54, 1.807) is 7.11 Å². The van der Waals surface area contributed by atoms with Crippen LogP contribution in [0.25, 0.3) is 0 Å². The fourth-order valence-corrected chi connectivity index (χ4v) is 2.26. The second-order valence-corrected chi connectivity index (χ2v) is 4.71. The maximum absolute atomic E-state index is 5.65. The zero-order valence-electron chi connectivity index (χ0n) is 12.0. The van der Waals surface area contributed by atoms with E-state index in [1.165, 1.54) is 11.3 Å². The van der Waals surface area contributed by atoms with Crippen LogP contribution in [0.3, 0.4) is 0 Å². The average Bonchev–Trinajstić information content (AvgIpc) is 2.52. The van der Waals surface area contributed by atoms with Crippen molar-refractivity contribution < 1.29 is 4.74 Å². The van der Waals surface area contributed by atoms with Gasteiger partial charge in [-0.15, -0.1) is 0 Å². The van der Waals surface area contributed by atoms with Crippen LogP contribution in [0, 0.1) is 0 Å². The molecule has 0 aliphatic heterocycles. The van der Waals surface area contributed by atoms with Gasteiger partial charge in [-0.2, -0.15) is 0 Å². The van der Waals surface area contributed by atoms with Crippen molar-refractivity contribution in [1.29, 1.82) is 0 Å². The van der Waals surface area contributed by atoms with Crippen LogP contribution in [0.2, 0.25) is 0 Å². The van der Waals surface area contributed by atoms with Gasteiger partial charge in [-0.25, -0.2) is 0 Å². The lowest BCUT2D eigenvalue weighted by molar-refractivity contribution is 0.409. The Bertz CT molecular complexity index is 513. The summed E-state index contributed by atoms with van der Waals surface area (Å²) in [7, 11) is 1.71. The minimum absolute atomic E-state index is 0.704. The van der Waals surface area contributed by atoms with Gasteiger partial charge in [0.1, 0.15) is 5.75 Å². The summed E-state index contributed by atoms with van der Waals surface area (Å²) in [5, 5.41) is 0. The predicted octanol–water partition coefficient (Wildman–Crippen LogP) is 3.05. The van der Waals surface area contributed by atoms with Gasteiger partial charge in [-0.05, 0) is 31.2 Å². The number of ether oxygens (including phenoxy) is 1. The van der Waals surface area contributed by atoms with E-state index in [0.717, 1.165) is 25.3 Å². The highest BCUT2D eigenvalue weighted by Crippen LogP contribution is 2.23. The summed E-state index contributed by atoms with van der Waals surface area (Å²) in [5.74, 6) is 0.932. The summed E-state index contributed by atoms with van der Waals surface area (Å²) in [6, 6.07) is 18.6. The number of nitrogens with two attached hydrogens (primary N) is 1. The van der Waals surface area contributed by atoms with Gasteiger partial charge in [0.2, 0.25) is 0 Å². The molecule has 0 aliphatic carbocycles. The molecular weight excluding hydrogens is 248 g/mol. The molecule has 3 nitrogen and oxygen atoms in total. The molecule has 0 unspecified atom stereocenters. The van der Waals surface area contributed by atoms with Crippen molar-refractivity contribution in [3.8, 4) is 5.75 Å². The standard InChI is InChI=1S/C17H22N2O/c1-20-17-11-6-5-8-15(17)14-19(13-7-12-18)16-9-3-2-4-10-16/h2-6,8-11H,7,12-14,18H2,1H3. The van der Waals surface area contributed by atoms with Crippen molar-refractivity contribution in [1.82, 2.24) is 0 Å². The Hall–Kier alpha value is -2.00. The fraction of sp³-hybridized carbons (Fsp3) is 0.294. The first kappa shape index (κ1) is 14.4. The Morgan fingerprint density at radius 3 is 2.40 bits per heavy atom. The quantitative estimate of drug-likeness (QED) is 0.840. The van der Waals surface area contributed by atoms with Gasteiger partial charge >= 0.3 is 0 Å². The van der Waals surface area contributed by atoms with Crippen molar-refractivity contribution in [2.75, 3.05) is 25.1 Å². The highest BCUT2D eigenvalue weighted by Gasteiger charge is 2.09. The minimum atomic E-state index is 0.704. The lowest BCUT2D eigenvalue weighted by Crippen LogP contribution is -2.25. The maximum atomic E-state index is 5.65. The molecule has 2 rings (SSSR count). The Morgan fingerprint density at radius 2 is 1.70 bits per heavy atom. The third-order valence-electron chi connectivity index (χ3n) is 3.31. The first-order valence-corrected chi connectivity index (χ1v) is 6.97. The molecule has 2 N–H and O–H groups in total. The van der Waals surface area contributed by atoms with Gasteiger partial charge in [0, 0.05) is 24.3 Å². The molecule has 0 aliphatic rings. The Balaban J connectivity index is 2.19. The third kappa shape index (κ3) is 3.75. The molecular formula is C17H22N2O. The van der Waals surface area contributed by atoms with Crippen LogP contribution in [0.5, 0.6) is 5.75 Å². The molecule has 0 atom stereocenters. The van der Waals surface area contributed by atoms with E-state index in [9.17, 15) is 0 Å². The van der Waals surface area contributed by atoms with E-state index in [4.69, 9.17) is 10.5 Å². The molecule has 2 aromatic carbocycles. The molecule has 0 spiro atoms. The first-order valence-electron chi connectivity index (χ1n) is 6.97. The molecule has 106 valence electrons. The van der Waals surface area contributed by atoms with Crippen LogP contribution in [0.1, 0.15) is 12.0 Å². The number of methoxy groups -OCH3 is 1. The van der Waals surface area contributed by atoms with E-state index >= 15 is 0 Å². The summed E-state index contributed by atoms with van der Waals surface area (Å²) >= 11 is 0. The molecule has 0 aromatic heterocycles. The Morgan fingerprint density at radius 1 is 1.00 bits per heavy atom. The average molecular weight is 270 g/mol. The minimum Gasteiger partial charge on any atom is -0.496 e. The van der Waals surface area contributed by atoms with Crippen molar-refractivity contribution in [3.63, 3.8) is 0 Å². The Kier molecular flexibility index (Phi) is 5.44. The molecule has 0 saturated carbocycles. The zero-order valence-corrected chi connectivity index (χ0v) is 12.0. The molecule has 0 amide bonds. The molecule has 0 heterocycles. The van der Waals surface area contributed by atoms with Gasteiger partial charge in [-0.3, -0.25) is 0 Å². The lowest BCUT2D eigenvalue weighted by atomic mass is 10.1. The predicted molar refractivity (Wildman–Crippen MR) is 84.2 cm³/mol. The van der Waals surface area contributed by atoms with Crippen LogP contribution < -0.4 is 15.4 Å². The monoisotopic (exact) mass is 270 g/mol. The molecule has 0 saturated heterocycles. The van der Waals surface area contributed by atoms with Gasteiger partial charge in [0.15, 0.2) is 0 Å². The van der Waals surface area contributed by atoms with Crippen LogP contribution >= 0.6 is 0 Å². The van der Waals surface area contributed by atoms with Gasteiger partial charge in [0.25, 0.3) is 0 Å². The molecule has 0 bridgehead atoms. The van der Waals surface area contributed by atoms with Crippen LogP contribution in [-0.4, -0.2) is 20.2 Å². The number of hydrogen-bond acceptors (Lipinski definition) is 3. The van der Waals surface area contributed by atoms with Crippen molar-refractivity contribution >= 4 is 5.69 Å². The summed E-state index contributed by atoms with van der Waals surface area (Å²) in [5.41, 5.74) is 8.06. The largest absolute Gasteiger partial charge is 0.496 e. The van der Waals surface area contributed by atoms with E-state index in [-0.39, 0.29) is 0 Å². The SMILES string of the molecule is COc1ccccc1CN(CCCN)c1ccccc1. The van der Waals surface area contributed by atoms with Crippen LogP contribution in [-0.2, 0) is 6.54 Å². The number of nitrogens with zero attached hydrogens (tertiary/aromatic N) is 1. The van der Waals surface area contributed by atoms with E-state index in [1.807, 2.05) is 24.3 Å². The zero-order chi connectivity index (χ0) is 14.2. The number of anilines is 1. The first-order chi connectivity index (χ1) is 9.85. The van der Waals surface area contributed by atoms with Crippen LogP contribution in [0.15, 0.2) is 54.6 Å². The summed E-state index contributed by atoms with van der Waals surface area (Å²) in [6.45, 7) is 2.47. The lowest BCUT2D eigenvalue weighted by Gasteiger charge is -2.25. The topological polar surface area (TPSA) is 38.5 Å². The smallest absolute Gasteiger partial charge is 0.123 e. The van der Waals surface area contributed by atoms with Crippen molar-refractivity contribution in [2.24, 2.45) is 5.73 Å². The van der Waals surface area contributed by atoms with E-state index in [0.29, 0.717) is 6.54 Å². The van der Waals surface area contributed by atoms with E-state index < -0.39 is 0 Å². The number of para-hydroxylation sites is 2. The van der Waals surface area contributed by atoms with Crippen molar-refractivity contribution in [2.45, 2.75) is 13.0 Å². The third-order valence-corrected chi connectivity index (χ3v) is 3.31. The van der Waals surface area contributed by atoms with Crippen molar-refractivity contribution in [3.05, 3.63) is 60.2 Å². The molecule has 0 fully saturated rings. The highest BCUT2D eigenvalue weighted by molar-refractivity contribution is 5.48. The number of hydrogen-bond donors (Lipinski definition) is 1. The van der Waals surface area contributed by atoms with Crippen LogP contribution in [0.4, 0.5) is 5.69 Å². The second-order valence-electron chi connectivity index (χ2n) is 4.71. The molecule has 3 heteroatoms. The molecule has 20 heavy (non-hydrogen) atoms. The normalized spacial score (nSPS) is 10.3. The summed E-state index contributed by atoms with van der Waals surface area (Å²) in [6.07, 6.45) is 0.976. The maximum Gasteiger partial charge on any atom is 0.123 e. The number of rotatable bonds is 7. The summed E-state index contributed by atoms with van der Waals surface area (Å²) < 4.78 is 5.44. The second kappa shape index (κ2) is 7.56. The number of benzene rings is 2. The molecule has 0 radical (unpaired) electrons. The summed E-state index contributed by atoms with van der Waals surface area (Å²) in [4.78, 5) is 2.34. The van der Waals surface area contributed by atoms with Gasteiger partial charge < -0.3 is 15.4 Å². The van der Waals surface area contributed by atoms with Gasteiger partial charge in [0.05, 0.1) is 7.11 Å². The van der Waals surface area contributed by atoms with Gasteiger partial charge in [-0.1, -0.05) is 36.4 Å². The Labute approximate surface area is 121 Å². The fourth-order valence-electron chi connectivity index (χ4n) is 2.26. The highest BCUT2D eigenvalue weighted by atomic mass is 16.5. The van der Waals surface area contributed by atoms with E-state index in [2.05, 4.69) is 35.2 Å². The molecule has 2 aromatic rings.